The van der Waals surface area contributed by atoms with Crippen molar-refractivity contribution in [3.8, 4) is 0 Å². The summed E-state index contributed by atoms with van der Waals surface area (Å²) in [6.45, 7) is 4.36. The smallest absolute Gasteiger partial charge is 0.0958 e. The van der Waals surface area contributed by atoms with E-state index in [4.69, 9.17) is 4.74 Å². The molecule has 0 aliphatic heterocycles. The molecule has 0 aliphatic carbocycles. The van der Waals surface area contributed by atoms with Crippen molar-refractivity contribution < 1.29 is 4.74 Å². The van der Waals surface area contributed by atoms with E-state index in [9.17, 15) is 0 Å². The van der Waals surface area contributed by atoms with E-state index in [1.54, 1.807) is 0 Å². The van der Waals surface area contributed by atoms with Gasteiger partial charge in [0.1, 0.15) is 0 Å². The number of ether oxygens (including phenoxy) is 1. The van der Waals surface area contributed by atoms with Crippen molar-refractivity contribution in [3.05, 3.63) is 30.6 Å². The highest BCUT2D eigenvalue weighted by Gasteiger charge is 2.09. The van der Waals surface area contributed by atoms with E-state index in [1.165, 1.54) is 5.52 Å². The Morgan fingerprint density at radius 2 is 2.24 bits per heavy atom. The normalized spacial score (nSPS) is 13.1. The number of hydrogen-bond donors (Lipinski definition) is 1. The van der Waals surface area contributed by atoms with Gasteiger partial charge in [0.25, 0.3) is 0 Å². The van der Waals surface area contributed by atoms with Crippen molar-refractivity contribution in [2.75, 3.05) is 20.3 Å². The second-order valence-electron chi connectivity index (χ2n) is 4.03. The lowest BCUT2D eigenvalue weighted by atomic mass is 10.3. The quantitative estimate of drug-likeness (QED) is 0.824. The summed E-state index contributed by atoms with van der Waals surface area (Å²) in [7, 11) is 1.96. The zero-order valence-electron chi connectivity index (χ0n) is 10.4. The molecule has 1 aromatic heterocycles. The first-order valence-electron chi connectivity index (χ1n) is 6.00. The fourth-order valence-corrected chi connectivity index (χ4v) is 1.88. The van der Waals surface area contributed by atoms with E-state index >= 15 is 0 Å². The largest absolute Gasteiger partial charge is 0.380 e. The molecule has 0 spiro atoms. The van der Waals surface area contributed by atoms with Crippen LogP contribution < -0.4 is 5.32 Å². The van der Waals surface area contributed by atoms with Gasteiger partial charge in [0, 0.05) is 19.2 Å². The first-order chi connectivity index (χ1) is 8.35. The van der Waals surface area contributed by atoms with E-state index in [0.717, 1.165) is 25.3 Å². The van der Waals surface area contributed by atoms with Gasteiger partial charge in [-0.3, -0.25) is 0 Å². The predicted octanol–water partition coefficient (Wildman–Crippen LogP) is 1.66. The summed E-state index contributed by atoms with van der Waals surface area (Å²) in [5, 5.41) is 3.27. The Morgan fingerprint density at radius 3 is 3.00 bits per heavy atom. The van der Waals surface area contributed by atoms with Gasteiger partial charge in [-0.1, -0.05) is 12.1 Å². The molecule has 0 radical (unpaired) electrons. The second-order valence-corrected chi connectivity index (χ2v) is 4.03. The average Bonchev–Trinajstić information content (AvgIpc) is 2.78. The van der Waals surface area contributed by atoms with E-state index in [2.05, 4.69) is 20.9 Å². The van der Waals surface area contributed by atoms with Gasteiger partial charge in [-0.15, -0.1) is 0 Å². The molecule has 92 valence electrons. The number of nitrogens with zero attached hydrogens (tertiary/aromatic N) is 2. The number of likely N-dealkylation sites (N-methyl/N-ethyl adjacent to an activating group) is 1. The summed E-state index contributed by atoms with van der Waals surface area (Å²) in [6.07, 6.45) is 1.89. The van der Waals surface area contributed by atoms with Crippen molar-refractivity contribution in [1.82, 2.24) is 14.9 Å². The van der Waals surface area contributed by atoms with Crippen LogP contribution >= 0.6 is 0 Å². The first-order valence-corrected chi connectivity index (χ1v) is 6.00. The summed E-state index contributed by atoms with van der Waals surface area (Å²) in [4.78, 5) is 4.38. The molecule has 0 saturated heterocycles. The highest BCUT2D eigenvalue weighted by atomic mass is 16.5. The molecule has 17 heavy (non-hydrogen) atoms. The number of hydrogen-bond acceptors (Lipinski definition) is 3. The van der Waals surface area contributed by atoms with Crippen LogP contribution in [0.3, 0.4) is 0 Å². The van der Waals surface area contributed by atoms with Crippen molar-refractivity contribution in [1.29, 1.82) is 0 Å². The second kappa shape index (κ2) is 5.80. The fourth-order valence-electron chi connectivity index (χ4n) is 1.88. The molecule has 0 aliphatic rings. The predicted molar refractivity (Wildman–Crippen MR) is 69.1 cm³/mol. The molecule has 2 aromatic rings. The molecule has 1 atom stereocenters. The number of aromatic nitrogens is 2. The Morgan fingerprint density at radius 1 is 1.41 bits per heavy atom. The van der Waals surface area contributed by atoms with Gasteiger partial charge in [-0.25, -0.2) is 4.98 Å². The maximum absolute atomic E-state index is 5.45. The van der Waals surface area contributed by atoms with Gasteiger partial charge < -0.3 is 14.6 Å². The molecule has 0 bridgehead atoms. The number of fused-ring (bicyclic) bond motifs is 1. The minimum absolute atomic E-state index is 0.313. The van der Waals surface area contributed by atoms with Crippen LogP contribution in [0, 0.1) is 0 Å². The molecule has 4 heteroatoms. The Labute approximate surface area is 102 Å². The van der Waals surface area contributed by atoms with Crippen LogP contribution in [0.5, 0.6) is 0 Å². The lowest BCUT2D eigenvalue weighted by Gasteiger charge is -2.16. The van der Waals surface area contributed by atoms with Crippen LogP contribution in [0.25, 0.3) is 11.0 Å². The lowest BCUT2D eigenvalue weighted by molar-refractivity contribution is 0.120. The van der Waals surface area contributed by atoms with Gasteiger partial charge in [0.15, 0.2) is 0 Å². The van der Waals surface area contributed by atoms with Gasteiger partial charge in [0.2, 0.25) is 0 Å². The molecule has 1 aromatic carbocycles. The standard InChI is InChI=1S/C13H19N3O/c1-3-17-9-11(14-2)8-16-10-15-12-6-4-5-7-13(12)16/h4-7,10-11,14H,3,8-9H2,1-2H3. The lowest BCUT2D eigenvalue weighted by Crippen LogP contribution is -2.34. The van der Waals surface area contributed by atoms with Crippen LogP contribution in [0.1, 0.15) is 6.92 Å². The fraction of sp³-hybridized carbons (Fsp3) is 0.462. The molecule has 1 N–H and O–H groups in total. The molecule has 4 nitrogen and oxygen atoms in total. The van der Waals surface area contributed by atoms with E-state index in [0.29, 0.717) is 6.04 Å². The van der Waals surface area contributed by atoms with Gasteiger partial charge >= 0.3 is 0 Å². The summed E-state index contributed by atoms with van der Waals surface area (Å²) < 4.78 is 7.61. The number of para-hydroxylation sites is 2. The van der Waals surface area contributed by atoms with Crippen molar-refractivity contribution >= 4 is 11.0 Å². The average molecular weight is 233 g/mol. The molecular weight excluding hydrogens is 214 g/mol. The molecular formula is C13H19N3O. The van der Waals surface area contributed by atoms with Crippen LogP contribution in [0.4, 0.5) is 0 Å². The zero-order valence-corrected chi connectivity index (χ0v) is 10.4. The van der Waals surface area contributed by atoms with Crippen LogP contribution in [-0.2, 0) is 11.3 Å². The molecule has 0 saturated carbocycles. The summed E-state index contributed by atoms with van der Waals surface area (Å²) in [5.74, 6) is 0. The van der Waals surface area contributed by atoms with Gasteiger partial charge in [-0.2, -0.15) is 0 Å². The Kier molecular flexibility index (Phi) is 4.12. The summed E-state index contributed by atoms with van der Waals surface area (Å²) >= 11 is 0. The first kappa shape index (κ1) is 12.1. The molecule has 1 unspecified atom stereocenters. The maximum Gasteiger partial charge on any atom is 0.0958 e. The highest BCUT2D eigenvalue weighted by molar-refractivity contribution is 5.74. The third-order valence-corrected chi connectivity index (χ3v) is 2.88. The van der Waals surface area contributed by atoms with Gasteiger partial charge in [0.05, 0.1) is 24.0 Å². The van der Waals surface area contributed by atoms with Crippen LogP contribution in [0.15, 0.2) is 30.6 Å². The molecule has 2 rings (SSSR count). The highest BCUT2D eigenvalue weighted by Crippen LogP contribution is 2.12. The van der Waals surface area contributed by atoms with Crippen LogP contribution in [0.2, 0.25) is 0 Å². The Balaban J connectivity index is 2.11. The maximum atomic E-state index is 5.45. The van der Waals surface area contributed by atoms with Gasteiger partial charge in [-0.05, 0) is 26.1 Å². The number of nitrogens with one attached hydrogen (secondary N) is 1. The molecule has 0 fully saturated rings. The molecule has 0 amide bonds. The molecule has 1 heterocycles. The van der Waals surface area contributed by atoms with E-state index in [1.807, 2.05) is 38.5 Å². The Hall–Kier alpha value is -1.39. The van der Waals surface area contributed by atoms with Crippen molar-refractivity contribution in [2.45, 2.75) is 19.5 Å². The summed E-state index contributed by atoms with van der Waals surface area (Å²) in [6, 6.07) is 8.48. The summed E-state index contributed by atoms with van der Waals surface area (Å²) in [5.41, 5.74) is 2.21. The number of imidazole rings is 1. The minimum atomic E-state index is 0.313. The minimum Gasteiger partial charge on any atom is -0.380 e. The SMILES string of the molecule is CCOCC(Cn1cnc2ccccc21)NC. The third-order valence-electron chi connectivity index (χ3n) is 2.88. The van der Waals surface area contributed by atoms with E-state index in [-0.39, 0.29) is 0 Å². The van der Waals surface area contributed by atoms with Crippen LogP contribution in [-0.4, -0.2) is 35.9 Å². The zero-order chi connectivity index (χ0) is 12.1. The monoisotopic (exact) mass is 233 g/mol. The van der Waals surface area contributed by atoms with Crippen molar-refractivity contribution in [2.24, 2.45) is 0 Å². The third kappa shape index (κ3) is 2.84. The Bertz CT molecular complexity index is 466. The van der Waals surface area contributed by atoms with E-state index < -0.39 is 0 Å². The topological polar surface area (TPSA) is 39.1 Å². The number of rotatable bonds is 6. The van der Waals surface area contributed by atoms with Crippen molar-refractivity contribution in [3.63, 3.8) is 0 Å². The number of benzene rings is 1.